The van der Waals surface area contributed by atoms with Crippen LogP contribution in [0.5, 0.6) is 0 Å². The number of carbonyl (C=O) groups excluding carboxylic acids is 2. The average molecular weight is 485 g/mol. The van der Waals surface area contributed by atoms with Crippen molar-refractivity contribution in [2.24, 2.45) is 17.8 Å². The fourth-order valence-electron chi connectivity index (χ4n) is 5.88. The van der Waals surface area contributed by atoms with Gasteiger partial charge in [-0.2, -0.15) is 0 Å². The minimum absolute atomic E-state index is 0.0370. The smallest absolute Gasteiger partial charge is 0.256 e. The van der Waals surface area contributed by atoms with Crippen molar-refractivity contribution in [1.82, 2.24) is 5.32 Å². The zero-order valence-corrected chi connectivity index (χ0v) is 20.9. The van der Waals surface area contributed by atoms with E-state index in [1.807, 2.05) is 78.9 Å². The maximum atomic E-state index is 13.3. The number of anilines is 1. The zero-order chi connectivity index (χ0) is 24.2. The van der Waals surface area contributed by atoms with Crippen molar-refractivity contribution in [3.05, 3.63) is 84.4 Å². The molecule has 0 spiro atoms. The van der Waals surface area contributed by atoms with Gasteiger partial charge in [-0.1, -0.05) is 67.1 Å². The first kappa shape index (κ1) is 23.7. The van der Waals surface area contributed by atoms with Crippen molar-refractivity contribution in [2.45, 2.75) is 43.5 Å². The monoisotopic (exact) mass is 484 g/mol. The standard InChI is InChI=1S/C30H32N2O2S/c1-20(26-18-21-15-16-23(26)17-21)31-29(33)19-35-28-14-8-6-12-25(28)30(34)32-27-13-7-5-11-24(27)22-9-3-2-4-10-22/h2-14,20-21,23,26H,15-19H2,1H3,(H,31,33)(H,32,34)/t20-,21+,23+,26-/m1/s1. The third kappa shape index (κ3) is 5.46. The van der Waals surface area contributed by atoms with E-state index in [0.29, 0.717) is 17.2 Å². The van der Waals surface area contributed by atoms with Crippen LogP contribution in [-0.2, 0) is 4.79 Å². The third-order valence-electron chi connectivity index (χ3n) is 7.57. The van der Waals surface area contributed by atoms with Crippen molar-refractivity contribution in [2.75, 3.05) is 11.1 Å². The highest BCUT2D eigenvalue weighted by Gasteiger charge is 2.42. The Hall–Kier alpha value is -3.05. The summed E-state index contributed by atoms with van der Waals surface area (Å²) in [5, 5.41) is 6.32. The van der Waals surface area contributed by atoms with E-state index < -0.39 is 0 Å². The lowest BCUT2D eigenvalue weighted by Crippen LogP contribution is -2.40. The molecule has 2 amide bonds. The van der Waals surface area contributed by atoms with Gasteiger partial charge in [-0.15, -0.1) is 11.8 Å². The highest BCUT2D eigenvalue weighted by Crippen LogP contribution is 2.49. The van der Waals surface area contributed by atoms with E-state index in [-0.39, 0.29) is 17.9 Å². The number of benzene rings is 3. The Bertz CT molecular complexity index is 1200. The summed E-state index contributed by atoms with van der Waals surface area (Å²) >= 11 is 1.42. The van der Waals surface area contributed by atoms with Crippen LogP contribution in [0.1, 0.15) is 43.0 Å². The predicted molar refractivity (Wildman–Crippen MR) is 144 cm³/mol. The molecular weight excluding hydrogens is 452 g/mol. The van der Waals surface area contributed by atoms with Gasteiger partial charge in [-0.05, 0) is 67.7 Å². The van der Waals surface area contributed by atoms with Gasteiger partial charge in [0.05, 0.1) is 11.3 Å². The number of thioether (sulfide) groups is 1. The summed E-state index contributed by atoms with van der Waals surface area (Å²) in [4.78, 5) is 26.8. The first-order chi connectivity index (χ1) is 17.1. The second-order valence-corrected chi connectivity index (χ2v) is 10.9. The van der Waals surface area contributed by atoms with Crippen LogP contribution >= 0.6 is 11.8 Å². The largest absolute Gasteiger partial charge is 0.353 e. The van der Waals surface area contributed by atoms with Crippen molar-refractivity contribution >= 4 is 29.3 Å². The fraction of sp³-hybridized carbons (Fsp3) is 0.333. The van der Waals surface area contributed by atoms with E-state index in [1.165, 1.54) is 37.4 Å². The first-order valence-corrected chi connectivity index (χ1v) is 13.5. The van der Waals surface area contributed by atoms with Crippen LogP contribution in [0.15, 0.2) is 83.8 Å². The highest BCUT2D eigenvalue weighted by molar-refractivity contribution is 8.00. The van der Waals surface area contributed by atoms with Crippen LogP contribution < -0.4 is 10.6 Å². The Morgan fingerprint density at radius 3 is 2.43 bits per heavy atom. The number of rotatable bonds is 8. The SMILES string of the molecule is C[C@@H](NC(=O)CSc1ccccc1C(=O)Nc1ccccc1-c1ccccc1)[C@H]1C[C@H]2CC[C@H]1C2. The molecule has 0 saturated heterocycles. The molecule has 2 aliphatic carbocycles. The molecule has 0 aliphatic heterocycles. The number of fused-ring (bicyclic) bond motifs is 2. The lowest BCUT2D eigenvalue weighted by Gasteiger charge is -2.28. The number of para-hydroxylation sites is 1. The average Bonchev–Trinajstić information content (AvgIpc) is 3.53. The Morgan fingerprint density at radius 1 is 0.914 bits per heavy atom. The normalized spacial score (nSPS) is 21.5. The van der Waals surface area contributed by atoms with Gasteiger partial charge in [0.2, 0.25) is 5.91 Å². The second-order valence-electron chi connectivity index (χ2n) is 9.85. The summed E-state index contributed by atoms with van der Waals surface area (Å²) in [6.07, 6.45) is 5.29. The lowest BCUT2D eigenvalue weighted by atomic mass is 9.84. The second kappa shape index (κ2) is 10.7. The van der Waals surface area contributed by atoms with Gasteiger partial charge in [0.15, 0.2) is 0 Å². The van der Waals surface area contributed by atoms with Crippen LogP contribution in [0.4, 0.5) is 5.69 Å². The number of amides is 2. The minimum Gasteiger partial charge on any atom is -0.353 e. The van der Waals surface area contributed by atoms with Gasteiger partial charge in [0.25, 0.3) is 5.91 Å². The van der Waals surface area contributed by atoms with Crippen LogP contribution in [-0.4, -0.2) is 23.6 Å². The van der Waals surface area contributed by atoms with E-state index in [2.05, 4.69) is 17.6 Å². The van der Waals surface area contributed by atoms with Crippen LogP contribution in [0, 0.1) is 17.8 Å². The molecule has 0 aromatic heterocycles. The van der Waals surface area contributed by atoms with E-state index in [0.717, 1.165) is 33.5 Å². The first-order valence-electron chi connectivity index (χ1n) is 12.6. The van der Waals surface area contributed by atoms with Gasteiger partial charge in [0.1, 0.15) is 0 Å². The molecule has 4 nitrogen and oxygen atoms in total. The Balaban J connectivity index is 1.23. The zero-order valence-electron chi connectivity index (χ0n) is 20.1. The summed E-state index contributed by atoms with van der Waals surface area (Å²) in [6.45, 7) is 2.15. The summed E-state index contributed by atoms with van der Waals surface area (Å²) in [5.41, 5.74) is 3.36. The molecule has 5 heteroatoms. The summed E-state index contributed by atoms with van der Waals surface area (Å²) in [7, 11) is 0. The highest BCUT2D eigenvalue weighted by atomic mass is 32.2. The molecule has 0 unspecified atom stereocenters. The van der Waals surface area contributed by atoms with Crippen molar-refractivity contribution in [3.63, 3.8) is 0 Å². The maximum Gasteiger partial charge on any atom is 0.256 e. The summed E-state index contributed by atoms with van der Waals surface area (Å²) < 4.78 is 0. The predicted octanol–water partition coefficient (Wildman–Crippen LogP) is 6.64. The van der Waals surface area contributed by atoms with Crippen LogP contribution in [0.3, 0.4) is 0 Å². The summed E-state index contributed by atoms with van der Waals surface area (Å²) in [5.74, 6) is 2.44. The third-order valence-corrected chi connectivity index (χ3v) is 8.65. The van der Waals surface area contributed by atoms with E-state index in [4.69, 9.17) is 0 Å². The molecule has 35 heavy (non-hydrogen) atoms. The van der Waals surface area contributed by atoms with Gasteiger partial charge in [0, 0.05) is 22.2 Å². The Morgan fingerprint density at radius 2 is 1.66 bits per heavy atom. The number of hydrogen-bond donors (Lipinski definition) is 2. The Labute approximate surface area is 211 Å². The molecule has 2 aliphatic rings. The van der Waals surface area contributed by atoms with Gasteiger partial charge in [-0.3, -0.25) is 9.59 Å². The minimum atomic E-state index is -0.174. The molecule has 2 N–H and O–H groups in total. The Kier molecular flexibility index (Phi) is 7.24. The van der Waals surface area contributed by atoms with Gasteiger partial charge >= 0.3 is 0 Å². The molecule has 5 rings (SSSR count). The van der Waals surface area contributed by atoms with Crippen molar-refractivity contribution < 1.29 is 9.59 Å². The molecule has 0 heterocycles. The van der Waals surface area contributed by atoms with E-state index in [1.54, 1.807) is 0 Å². The topological polar surface area (TPSA) is 58.2 Å². The molecule has 2 bridgehead atoms. The number of nitrogens with one attached hydrogen (secondary N) is 2. The van der Waals surface area contributed by atoms with Crippen LogP contribution in [0.2, 0.25) is 0 Å². The molecule has 2 saturated carbocycles. The molecule has 4 atom stereocenters. The molecule has 0 radical (unpaired) electrons. The number of hydrogen-bond acceptors (Lipinski definition) is 3. The number of carbonyl (C=O) groups is 2. The lowest BCUT2D eigenvalue weighted by molar-refractivity contribution is -0.119. The van der Waals surface area contributed by atoms with E-state index >= 15 is 0 Å². The fourth-order valence-corrected chi connectivity index (χ4v) is 6.74. The molecule has 3 aromatic carbocycles. The van der Waals surface area contributed by atoms with Crippen molar-refractivity contribution in [3.8, 4) is 11.1 Å². The van der Waals surface area contributed by atoms with E-state index in [9.17, 15) is 9.59 Å². The van der Waals surface area contributed by atoms with Crippen LogP contribution in [0.25, 0.3) is 11.1 Å². The molecule has 3 aromatic rings. The maximum absolute atomic E-state index is 13.3. The summed E-state index contributed by atoms with van der Waals surface area (Å²) in [6, 6.07) is 25.6. The van der Waals surface area contributed by atoms with Gasteiger partial charge in [-0.25, -0.2) is 0 Å². The molecule has 2 fully saturated rings. The van der Waals surface area contributed by atoms with Gasteiger partial charge < -0.3 is 10.6 Å². The van der Waals surface area contributed by atoms with Crippen molar-refractivity contribution in [1.29, 1.82) is 0 Å². The quantitative estimate of drug-likeness (QED) is 0.352. The molecular formula is C30H32N2O2S. The molecule has 180 valence electrons.